The third-order valence-electron chi connectivity index (χ3n) is 6.51. The second-order valence-corrected chi connectivity index (χ2v) is 8.60. The number of ether oxygens (including phenoxy) is 1. The molecule has 1 heterocycles. The number of unbranched alkanes of at least 4 members (excludes halogenated alkanes) is 4. The first-order valence-electron chi connectivity index (χ1n) is 11.6. The Morgan fingerprint density at radius 2 is 1.59 bits per heavy atom. The molecule has 0 aliphatic heterocycles. The number of allylic oxidation sites excluding steroid dienone is 2. The van der Waals surface area contributed by atoms with Crippen molar-refractivity contribution in [3.63, 3.8) is 0 Å². The number of hydrogen-bond donors (Lipinski definition) is 0. The molecule has 166 valence electrons. The summed E-state index contributed by atoms with van der Waals surface area (Å²) in [4.78, 5) is 26.0. The van der Waals surface area contributed by atoms with E-state index in [1.54, 1.807) is 7.11 Å². The average Bonchev–Trinajstić information content (AvgIpc) is 3.14. The number of carbonyl (C=O) groups excluding carboxylic acids is 2. The van der Waals surface area contributed by atoms with Crippen molar-refractivity contribution in [3.8, 4) is 5.75 Å². The summed E-state index contributed by atoms with van der Waals surface area (Å²) in [5.41, 5.74) is 5.27. The third-order valence-corrected chi connectivity index (χ3v) is 6.51. The lowest BCUT2D eigenvalue weighted by atomic mass is 9.85. The molecule has 0 saturated carbocycles. The van der Waals surface area contributed by atoms with Crippen LogP contribution in [-0.4, -0.2) is 23.2 Å². The van der Waals surface area contributed by atoms with Gasteiger partial charge in [-0.25, -0.2) is 0 Å². The Morgan fingerprint density at radius 1 is 0.875 bits per heavy atom. The van der Waals surface area contributed by atoms with Crippen LogP contribution < -0.4 is 4.74 Å². The summed E-state index contributed by atoms with van der Waals surface area (Å²) < 4.78 is 7.52. The van der Waals surface area contributed by atoms with Crippen LogP contribution in [0.4, 0.5) is 0 Å². The summed E-state index contributed by atoms with van der Waals surface area (Å²) in [6, 6.07) is 16.0. The molecule has 4 nitrogen and oxygen atoms in total. The van der Waals surface area contributed by atoms with Crippen LogP contribution in [0.3, 0.4) is 0 Å². The molecule has 0 amide bonds. The number of carbonyl (C=O) groups is 2. The fourth-order valence-electron chi connectivity index (χ4n) is 4.73. The summed E-state index contributed by atoms with van der Waals surface area (Å²) in [6.45, 7) is 4.66. The van der Waals surface area contributed by atoms with E-state index in [1.165, 1.54) is 19.3 Å². The minimum absolute atomic E-state index is 0.353. The first-order chi connectivity index (χ1) is 15.6. The van der Waals surface area contributed by atoms with Gasteiger partial charge in [-0.1, -0.05) is 62.9 Å². The van der Waals surface area contributed by atoms with Crippen LogP contribution in [0.15, 0.2) is 54.1 Å². The molecule has 0 unspecified atom stereocenters. The number of rotatable bonds is 9. The third kappa shape index (κ3) is 4.02. The highest BCUT2D eigenvalue weighted by Gasteiger charge is 2.35. The van der Waals surface area contributed by atoms with Crippen LogP contribution in [0, 0.1) is 0 Å². The highest BCUT2D eigenvalue weighted by molar-refractivity contribution is 6.54. The van der Waals surface area contributed by atoms with Crippen molar-refractivity contribution in [3.05, 3.63) is 70.9 Å². The number of ketones is 2. The normalized spacial score (nSPS) is 13.7. The van der Waals surface area contributed by atoms with Crippen LogP contribution in [0.2, 0.25) is 0 Å². The maximum absolute atomic E-state index is 13.1. The van der Waals surface area contributed by atoms with Crippen molar-refractivity contribution in [2.75, 3.05) is 7.11 Å². The lowest BCUT2D eigenvalue weighted by Gasteiger charge is -2.21. The second-order valence-electron chi connectivity index (χ2n) is 8.60. The molecule has 4 heteroatoms. The van der Waals surface area contributed by atoms with E-state index >= 15 is 0 Å². The Balaban J connectivity index is 1.81. The van der Waals surface area contributed by atoms with Gasteiger partial charge in [0.2, 0.25) is 11.6 Å². The minimum atomic E-state index is -0.378. The quantitative estimate of drug-likeness (QED) is 0.284. The van der Waals surface area contributed by atoms with Gasteiger partial charge in [-0.3, -0.25) is 9.59 Å². The minimum Gasteiger partial charge on any atom is -0.497 e. The standard InChI is InChI=1S/C28H31NO3/c1-4-5-6-7-8-11-22-19(2)27(30)28(31)25-23-12-9-10-13-24(23)29(26(22)25)18-20-14-16-21(32-3)17-15-20/h9-10,12-17H,4-8,11,18H2,1-3H3. The van der Waals surface area contributed by atoms with Crippen molar-refractivity contribution < 1.29 is 14.3 Å². The SMILES string of the molecule is CCCCCCCC1=C(C)C(=O)C(=O)c2c1n(Cc1ccc(OC)cc1)c1ccccc21. The van der Waals surface area contributed by atoms with Crippen molar-refractivity contribution in [1.82, 2.24) is 4.57 Å². The lowest BCUT2D eigenvalue weighted by Crippen LogP contribution is -2.23. The molecule has 4 rings (SSSR count). The number of benzene rings is 2. The van der Waals surface area contributed by atoms with Gasteiger partial charge in [0.25, 0.3) is 0 Å². The van der Waals surface area contributed by atoms with Crippen LogP contribution in [0.1, 0.15) is 74.0 Å². The smallest absolute Gasteiger partial charge is 0.235 e. The number of hydrogen-bond acceptors (Lipinski definition) is 3. The Labute approximate surface area is 189 Å². The fourth-order valence-corrected chi connectivity index (χ4v) is 4.73. The highest BCUT2D eigenvalue weighted by atomic mass is 16.5. The van der Waals surface area contributed by atoms with Crippen LogP contribution in [0.25, 0.3) is 16.5 Å². The summed E-state index contributed by atoms with van der Waals surface area (Å²) in [7, 11) is 1.66. The van der Waals surface area contributed by atoms with Crippen molar-refractivity contribution in [1.29, 1.82) is 0 Å². The topological polar surface area (TPSA) is 48.3 Å². The Kier molecular flexibility index (Phi) is 6.59. The molecule has 0 spiro atoms. The molecule has 1 aliphatic carbocycles. The van der Waals surface area contributed by atoms with E-state index in [2.05, 4.69) is 23.6 Å². The number of methoxy groups -OCH3 is 1. The molecule has 3 aromatic rings. The Morgan fingerprint density at radius 3 is 2.31 bits per heavy atom. The van der Waals surface area contributed by atoms with Crippen molar-refractivity contribution in [2.24, 2.45) is 0 Å². The van der Waals surface area contributed by atoms with Gasteiger partial charge < -0.3 is 9.30 Å². The van der Waals surface area contributed by atoms with Gasteiger partial charge in [-0.15, -0.1) is 0 Å². The largest absolute Gasteiger partial charge is 0.497 e. The van der Waals surface area contributed by atoms with E-state index in [-0.39, 0.29) is 11.6 Å². The summed E-state index contributed by atoms with van der Waals surface area (Å²) in [5.74, 6) is 0.0859. The van der Waals surface area contributed by atoms with Crippen LogP contribution >= 0.6 is 0 Å². The molecule has 0 bridgehead atoms. The zero-order valence-corrected chi connectivity index (χ0v) is 19.2. The van der Waals surface area contributed by atoms with Gasteiger partial charge in [0, 0.05) is 23.0 Å². The molecule has 1 aliphatic rings. The van der Waals surface area contributed by atoms with E-state index in [0.717, 1.165) is 52.7 Å². The Hall–Kier alpha value is -3.14. The molecule has 0 atom stereocenters. The summed E-state index contributed by atoms with van der Waals surface area (Å²) >= 11 is 0. The molecule has 0 radical (unpaired) electrons. The molecule has 0 N–H and O–H groups in total. The monoisotopic (exact) mass is 429 g/mol. The highest BCUT2D eigenvalue weighted by Crippen LogP contribution is 2.39. The predicted molar refractivity (Wildman–Crippen MR) is 129 cm³/mol. The van der Waals surface area contributed by atoms with Crippen LogP contribution in [-0.2, 0) is 11.3 Å². The zero-order valence-electron chi connectivity index (χ0n) is 19.2. The number of aromatic nitrogens is 1. The summed E-state index contributed by atoms with van der Waals surface area (Å²) in [5, 5.41) is 0.866. The van der Waals surface area contributed by atoms with Gasteiger partial charge in [0.15, 0.2) is 0 Å². The fraction of sp³-hybridized carbons (Fsp3) is 0.357. The van der Waals surface area contributed by atoms with E-state index in [4.69, 9.17) is 4.74 Å². The van der Waals surface area contributed by atoms with Gasteiger partial charge in [0.05, 0.1) is 18.4 Å². The van der Waals surface area contributed by atoms with E-state index in [9.17, 15) is 9.59 Å². The van der Waals surface area contributed by atoms with Gasteiger partial charge in [0.1, 0.15) is 5.75 Å². The number of Topliss-reactive ketones (excluding diaryl/α,β-unsaturated/α-hetero) is 2. The zero-order chi connectivity index (χ0) is 22.7. The maximum atomic E-state index is 13.1. The first-order valence-corrected chi connectivity index (χ1v) is 11.6. The molecule has 32 heavy (non-hydrogen) atoms. The number of nitrogens with zero attached hydrogens (tertiary/aromatic N) is 1. The van der Waals surface area contributed by atoms with Gasteiger partial charge >= 0.3 is 0 Å². The lowest BCUT2D eigenvalue weighted by molar-refractivity contribution is -0.111. The van der Waals surface area contributed by atoms with Gasteiger partial charge in [-0.05, 0) is 49.1 Å². The molecule has 0 fully saturated rings. The number of para-hydroxylation sites is 1. The van der Waals surface area contributed by atoms with Crippen molar-refractivity contribution in [2.45, 2.75) is 58.9 Å². The summed E-state index contributed by atoms with van der Waals surface area (Å²) in [6.07, 6.45) is 6.63. The second kappa shape index (κ2) is 9.56. The van der Waals surface area contributed by atoms with Gasteiger partial charge in [-0.2, -0.15) is 0 Å². The van der Waals surface area contributed by atoms with E-state index < -0.39 is 0 Å². The first kappa shape index (κ1) is 22.1. The van der Waals surface area contributed by atoms with E-state index in [1.807, 2.05) is 43.3 Å². The van der Waals surface area contributed by atoms with E-state index in [0.29, 0.717) is 17.7 Å². The number of fused-ring (bicyclic) bond motifs is 3. The van der Waals surface area contributed by atoms with Crippen molar-refractivity contribution >= 4 is 28.0 Å². The Bertz CT molecular complexity index is 1180. The molecular formula is C28H31NO3. The maximum Gasteiger partial charge on any atom is 0.235 e. The molecule has 1 aromatic heterocycles. The average molecular weight is 430 g/mol. The predicted octanol–water partition coefficient (Wildman–Crippen LogP) is 6.60. The van der Waals surface area contributed by atoms with Crippen LogP contribution in [0.5, 0.6) is 5.75 Å². The molecule has 0 saturated heterocycles. The molecular weight excluding hydrogens is 398 g/mol. The molecule has 2 aromatic carbocycles.